The molecule has 12 heavy (non-hydrogen) atoms. The van der Waals surface area contributed by atoms with Crippen LogP contribution in [-0.4, -0.2) is 28.5 Å². The van der Waals surface area contributed by atoms with Crippen LogP contribution in [0.1, 0.15) is 0 Å². The zero-order valence-corrected chi connectivity index (χ0v) is 7.26. The summed E-state index contributed by atoms with van der Waals surface area (Å²) in [5.74, 6) is -1.03. The molecule has 1 rings (SSSR count). The molecular weight excluding hydrogens is 178 g/mol. The van der Waals surface area contributed by atoms with E-state index in [9.17, 15) is 4.79 Å². The fourth-order valence-electron chi connectivity index (χ4n) is 0.737. The van der Waals surface area contributed by atoms with Crippen molar-refractivity contribution in [3.05, 3.63) is 11.9 Å². The quantitative estimate of drug-likeness (QED) is 0.545. The smallest absolute Gasteiger partial charge is 0.363 e. The van der Waals surface area contributed by atoms with E-state index in [0.717, 1.165) is 11.8 Å². The molecule has 0 spiro atoms. The van der Waals surface area contributed by atoms with Gasteiger partial charge in [0.25, 0.3) is 4.99 Å². The fourth-order valence-corrected chi connectivity index (χ4v) is 1.25. The van der Waals surface area contributed by atoms with E-state index < -0.39 is 11.0 Å². The number of allylic oxidation sites excluding steroid dienone is 1. The third-order valence-corrected chi connectivity index (χ3v) is 2.40. The summed E-state index contributed by atoms with van der Waals surface area (Å²) in [5, 5.41) is 11.4. The highest BCUT2D eigenvalue weighted by Crippen LogP contribution is 2.23. The molecule has 1 unspecified atom stereocenters. The first-order chi connectivity index (χ1) is 5.60. The van der Waals surface area contributed by atoms with Gasteiger partial charge in [-0.05, 0) is 6.26 Å². The van der Waals surface area contributed by atoms with Crippen molar-refractivity contribution in [3.8, 4) is 0 Å². The molecule has 0 bridgehead atoms. The summed E-state index contributed by atoms with van der Waals surface area (Å²) >= 11 is 1.09. The van der Waals surface area contributed by atoms with E-state index in [1.165, 1.54) is 12.4 Å². The van der Waals surface area contributed by atoms with Gasteiger partial charge in [-0.25, -0.2) is 9.79 Å². The SMILES string of the molecule is CSC1(C(=O)O)N=CC(N)=CN1. The van der Waals surface area contributed by atoms with E-state index in [1.54, 1.807) is 6.26 Å². The van der Waals surface area contributed by atoms with Crippen molar-refractivity contribution >= 4 is 23.9 Å². The lowest BCUT2D eigenvalue weighted by atomic mass is 10.4. The molecule has 0 radical (unpaired) electrons. The van der Waals surface area contributed by atoms with Gasteiger partial charge in [0.1, 0.15) is 0 Å². The van der Waals surface area contributed by atoms with Gasteiger partial charge in [0.2, 0.25) is 0 Å². The van der Waals surface area contributed by atoms with Crippen LogP contribution in [0.5, 0.6) is 0 Å². The molecule has 0 aromatic carbocycles. The minimum absolute atomic E-state index is 0.418. The van der Waals surface area contributed by atoms with Gasteiger partial charge >= 0.3 is 5.97 Å². The van der Waals surface area contributed by atoms with Crippen LogP contribution in [0.4, 0.5) is 0 Å². The zero-order valence-electron chi connectivity index (χ0n) is 6.44. The molecular formula is C6H9N3O2S. The number of hydrogen-bond acceptors (Lipinski definition) is 5. The van der Waals surface area contributed by atoms with Crippen molar-refractivity contribution in [2.24, 2.45) is 10.7 Å². The van der Waals surface area contributed by atoms with Gasteiger partial charge in [0, 0.05) is 6.20 Å². The number of rotatable bonds is 2. The van der Waals surface area contributed by atoms with Gasteiger partial charge in [-0.1, -0.05) is 0 Å². The van der Waals surface area contributed by atoms with Gasteiger partial charge in [0.05, 0.1) is 11.9 Å². The summed E-state index contributed by atoms with van der Waals surface area (Å²) in [7, 11) is 0. The lowest BCUT2D eigenvalue weighted by Crippen LogP contribution is -2.47. The van der Waals surface area contributed by atoms with Crippen LogP contribution in [0, 0.1) is 0 Å². The van der Waals surface area contributed by atoms with E-state index in [1.807, 2.05) is 0 Å². The normalized spacial score (nSPS) is 27.6. The molecule has 0 aromatic heterocycles. The highest BCUT2D eigenvalue weighted by Gasteiger charge is 2.37. The Labute approximate surface area is 73.7 Å². The molecule has 66 valence electrons. The third kappa shape index (κ3) is 1.38. The van der Waals surface area contributed by atoms with E-state index in [-0.39, 0.29) is 0 Å². The Morgan fingerprint density at radius 3 is 2.92 bits per heavy atom. The van der Waals surface area contributed by atoms with Gasteiger partial charge in [-0.15, -0.1) is 11.8 Å². The average Bonchev–Trinajstić information content (AvgIpc) is 2.06. The molecule has 1 aliphatic rings. The molecule has 6 heteroatoms. The number of nitrogens with one attached hydrogen (secondary N) is 1. The van der Waals surface area contributed by atoms with Crippen LogP contribution >= 0.6 is 11.8 Å². The summed E-state index contributed by atoms with van der Waals surface area (Å²) < 4.78 is 0. The molecule has 0 fully saturated rings. The van der Waals surface area contributed by atoms with E-state index in [0.29, 0.717) is 5.70 Å². The highest BCUT2D eigenvalue weighted by molar-refractivity contribution is 8.00. The topological polar surface area (TPSA) is 87.7 Å². The number of nitrogens with zero attached hydrogens (tertiary/aromatic N) is 1. The monoisotopic (exact) mass is 187 g/mol. The van der Waals surface area contributed by atoms with Crippen LogP contribution in [-0.2, 0) is 4.79 Å². The molecule has 1 aliphatic heterocycles. The zero-order chi connectivity index (χ0) is 9.19. The van der Waals surface area contributed by atoms with Crippen LogP contribution in [0.25, 0.3) is 0 Å². The van der Waals surface area contributed by atoms with Crippen molar-refractivity contribution in [2.75, 3.05) is 6.26 Å². The molecule has 4 N–H and O–H groups in total. The summed E-state index contributed by atoms with van der Waals surface area (Å²) in [4.78, 5) is 13.2. The summed E-state index contributed by atoms with van der Waals surface area (Å²) in [6.45, 7) is 0. The number of carbonyl (C=O) groups is 1. The first kappa shape index (κ1) is 8.92. The number of thioether (sulfide) groups is 1. The first-order valence-corrected chi connectivity index (χ1v) is 4.40. The van der Waals surface area contributed by atoms with E-state index in [2.05, 4.69) is 10.3 Å². The molecule has 5 nitrogen and oxygen atoms in total. The Morgan fingerprint density at radius 1 is 1.92 bits per heavy atom. The first-order valence-electron chi connectivity index (χ1n) is 3.18. The molecule has 0 saturated carbocycles. The highest BCUT2D eigenvalue weighted by atomic mass is 32.2. The number of hydrogen-bond donors (Lipinski definition) is 3. The van der Waals surface area contributed by atoms with Gasteiger partial charge < -0.3 is 16.2 Å². The van der Waals surface area contributed by atoms with Crippen LogP contribution in [0.15, 0.2) is 16.9 Å². The van der Waals surface area contributed by atoms with Crippen molar-refractivity contribution in [1.82, 2.24) is 5.32 Å². The van der Waals surface area contributed by atoms with Crippen LogP contribution < -0.4 is 11.1 Å². The number of nitrogens with two attached hydrogens (primary N) is 1. The lowest BCUT2D eigenvalue weighted by Gasteiger charge is -2.25. The fraction of sp³-hybridized carbons (Fsp3) is 0.333. The third-order valence-electron chi connectivity index (χ3n) is 1.42. The minimum atomic E-state index is -1.30. The number of aliphatic carboxylic acids is 1. The Balaban J connectivity index is 2.88. The molecule has 0 aliphatic carbocycles. The summed E-state index contributed by atoms with van der Waals surface area (Å²) in [6, 6.07) is 0. The maximum absolute atomic E-state index is 10.7. The predicted octanol–water partition coefficient (Wildman–Crippen LogP) is -0.438. The van der Waals surface area contributed by atoms with Crippen molar-refractivity contribution < 1.29 is 9.90 Å². The molecule has 0 aromatic rings. The lowest BCUT2D eigenvalue weighted by molar-refractivity contribution is -0.140. The van der Waals surface area contributed by atoms with Crippen molar-refractivity contribution in [1.29, 1.82) is 0 Å². The van der Waals surface area contributed by atoms with E-state index >= 15 is 0 Å². The van der Waals surface area contributed by atoms with Gasteiger partial charge in [-0.3, -0.25) is 0 Å². The van der Waals surface area contributed by atoms with Crippen LogP contribution in [0.3, 0.4) is 0 Å². The summed E-state index contributed by atoms with van der Waals surface area (Å²) in [6.07, 6.45) is 4.42. The number of carboxylic acids is 1. The Hall–Kier alpha value is -1.17. The largest absolute Gasteiger partial charge is 0.477 e. The molecule has 0 amide bonds. The van der Waals surface area contributed by atoms with Crippen molar-refractivity contribution in [3.63, 3.8) is 0 Å². The molecule has 1 heterocycles. The molecule has 0 saturated heterocycles. The second-order valence-corrected chi connectivity index (χ2v) is 3.20. The Kier molecular flexibility index (Phi) is 2.27. The average molecular weight is 187 g/mol. The standard InChI is InChI=1S/C6H9N3O2S/c1-12-6(5(10)11)8-2-4(7)3-9-6/h2-3,8H,7H2,1H3,(H,10,11). The Bertz CT molecular complexity index is 264. The van der Waals surface area contributed by atoms with E-state index in [4.69, 9.17) is 10.8 Å². The maximum Gasteiger partial charge on any atom is 0.363 e. The van der Waals surface area contributed by atoms with Gasteiger partial charge in [0.15, 0.2) is 0 Å². The number of carboxylic acid groups (broad SMARTS) is 1. The number of aliphatic imine (C=N–C) groups is 1. The second kappa shape index (κ2) is 3.06. The molecule has 1 atom stereocenters. The summed E-state index contributed by atoms with van der Waals surface area (Å²) in [5.41, 5.74) is 5.78. The van der Waals surface area contributed by atoms with Gasteiger partial charge in [-0.2, -0.15) is 0 Å². The maximum atomic E-state index is 10.7. The predicted molar refractivity (Wildman–Crippen MR) is 47.8 cm³/mol. The second-order valence-electron chi connectivity index (χ2n) is 2.20. The minimum Gasteiger partial charge on any atom is -0.477 e. The Morgan fingerprint density at radius 2 is 2.58 bits per heavy atom. The van der Waals surface area contributed by atoms with Crippen LogP contribution in [0.2, 0.25) is 0 Å². The van der Waals surface area contributed by atoms with Crippen molar-refractivity contribution in [2.45, 2.75) is 4.99 Å².